The molecule has 0 saturated carbocycles. The normalized spacial score (nSPS) is 12.2. The predicted octanol–water partition coefficient (Wildman–Crippen LogP) is -1.25. The quantitative estimate of drug-likeness (QED) is 0.472. The number of carboxylic acid groups (broad SMARTS) is 1. The minimum absolute atomic E-state index is 0.0963. The van der Waals surface area contributed by atoms with Crippen LogP contribution in [0.2, 0.25) is 0 Å². The van der Waals surface area contributed by atoms with E-state index in [0.717, 1.165) is 0 Å². The van der Waals surface area contributed by atoms with Crippen LogP contribution < -0.4 is 11.1 Å². The van der Waals surface area contributed by atoms with Crippen LogP contribution >= 0.6 is 11.6 Å². The Bertz CT molecular complexity index is 162. The van der Waals surface area contributed by atoms with E-state index < -0.39 is 17.9 Å². The van der Waals surface area contributed by atoms with Gasteiger partial charge in [-0.1, -0.05) is 0 Å². The molecule has 0 aromatic rings. The molecule has 0 aliphatic rings. The van der Waals surface area contributed by atoms with Gasteiger partial charge in [-0.05, 0) is 0 Å². The Morgan fingerprint density at radius 2 is 2.18 bits per heavy atom. The summed E-state index contributed by atoms with van der Waals surface area (Å²) < 4.78 is 0. The first-order valence-corrected chi connectivity index (χ1v) is 3.42. The molecule has 0 fully saturated rings. The average Bonchev–Trinajstić information content (AvgIpc) is 1.99. The first kappa shape index (κ1) is 10.2. The SMILES string of the molecule is NC(CNC(=O)CCl)C(=O)O. The number of carbonyl (C=O) groups excluding carboxylic acids is 1. The highest BCUT2D eigenvalue weighted by molar-refractivity contribution is 6.27. The van der Waals surface area contributed by atoms with Crippen LogP contribution in [0.4, 0.5) is 0 Å². The maximum atomic E-state index is 10.4. The Hall–Kier alpha value is -0.810. The second kappa shape index (κ2) is 4.92. The van der Waals surface area contributed by atoms with Crippen molar-refractivity contribution in [2.24, 2.45) is 5.73 Å². The van der Waals surface area contributed by atoms with Crippen molar-refractivity contribution in [2.45, 2.75) is 6.04 Å². The van der Waals surface area contributed by atoms with E-state index in [2.05, 4.69) is 5.32 Å². The number of carboxylic acids is 1. The number of nitrogens with one attached hydrogen (secondary N) is 1. The van der Waals surface area contributed by atoms with Crippen LogP contribution in [-0.2, 0) is 9.59 Å². The molecular weight excluding hydrogens is 172 g/mol. The Balaban J connectivity index is 3.54. The second-order valence-electron chi connectivity index (χ2n) is 1.88. The van der Waals surface area contributed by atoms with Gasteiger partial charge in [-0.2, -0.15) is 0 Å². The van der Waals surface area contributed by atoms with Crippen LogP contribution in [-0.4, -0.2) is 35.4 Å². The molecule has 0 aliphatic carbocycles. The molecule has 0 aromatic carbocycles. The number of carbonyl (C=O) groups is 2. The summed E-state index contributed by atoms with van der Waals surface area (Å²) in [6.07, 6.45) is 0. The average molecular weight is 181 g/mol. The van der Waals surface area contributed by atoms with Gasteiger partial charge in [0.2, 0.25) is 5.91 Å². The van der Waals surface area contributed by atoms with Gasteiger partial charge in [0.25, 0.3) is 0 Å². The van der Waals surface area contributed by atoms with Crippen LogP contribution in [0, 0.1) is 0 Å². The molecule has 1 amide bonds. The molecule has 0 aromatic heterocycles. The number of hydrogen-bond donors (Lipinski definition) is 3. The van der Waals surface area contributed by atoms with Crippen LogP contribution in [0.15, 0.2) is 0 Å². The van der Waals surface area contributed by atoms with Gasteiger partial charge in [0.15, 0.2) is 0 Å². The molecule has 0 heterocycles. The number of hydrogen-bond acceptors (Lipinski definition) is 3. The van der Waals surface area contributed by atoms with Crippen molar-refractivity contribution >= 4 is 23.5 Å². The molecule has 0 bridgehead atoms. The van der Waals surface area contributed by atoms with E-state index in [1.54, 1.807) is 0 Å². The third kappa shape index (κ3) is 4.58. The van der Waals surface area contributed by atoms with E-state index in [4.69, 9.17) is 22.4 Å². The minimum Gasteiger partial charge on any atom is -0.480 e. The first-order chi connectivity index (χ1) is 5.07. The lowest BCUT2D eigenvalue weighted by molar-refractivity contribution is -0.138. The third-order valence-electron chi connectivity index (χ3n) is 0.958. The maximum absolute atomic E-state index is 10.4. The maximum Gasteiger partial charge on any atom is 0.322 e. The Kier molecular flexibility index (Phi) is 4.56. The van der Waals surface area contributed by atoms with Crippen LogP contribution in [0.25, 0.3) is 0 Å². The molecular formula is C5H9ClN2O3. The number of amides is 1. The fourth-order valence-corrected chi connectivity index (χ4v) is 0.453. The van der Waals surface area contributed by atoms with Crippen molar-refractivity contribution in [2.75, 3.05) is 12.4 Å². The molecule has 4 N–H and O–H groups in total. The Labute approximate surface area is 68.5 Å². The molecule has 0 aliphatic heterocycles. The van der Waals surface area contributed by atoms with Crippen molar-refractivity contribution < 1.29 is 14.7 Å². The van der Waals surface area contributed by atoms with Crippen molar-refractivity contribution in [3.05, 3.63) is 0 Å². The molecule has 11 heavy (non-hydrogen) atoms. The zero-order valence-electron chi connectivity index (χ0n) is 5.71. The summed E-state index contributed by atoms with van der Waals surface area (Å²) in [6, 6.07) is -1.07. The van der Waals surface area contributed by atoms with E-state index >= 15 is 0 Å². The lowest BCUT2D eigenvalue weighted by Crippen LogP contribution is -2.42. The van der Waals surface area contributed by atoms with Crippen molar-refractivity contribution in [1.82, 2.24) is 5.32 Å². The van der Waals surface area contributed by atoms with Crippen LogP contribution in [0.1, 0.15) is 0 Å². The number of nitrogens with two attached hydrogens (primary N) is 1. The van der Waals surface area contributed by atoms with E-state index in [1.807, 2.05) is 0 Å². The number of halogens is 1. The van der Waals surface area contributed by atoms with E-state index in [9.17, 15) is 9.59 Å². The van der Waals surface area contributed by atoms with Gasteiger partial charge in [0.1, 0.15) is 11.9 Å². The van der Waals surface area contributed by atoms with Gasteiger partial charge in [-0.3, -0.25) is 9.59 Å². The smallest absolute Gasteiger partial charge is 0.322 e. The summed E-state index contributed by atoms with van der Waals surface area (Å²) in [5, 5.41) is 10.5. The predicted molar refractivity (Wildman–Crippen MR) is 39.3 cm³/mol. The summed E-state index contributed by atoms with van der Waals surface area (Å²) in [5.41, 5.74) is 5.06. The molecule has 1 unspecified atom stereocenters. The summed E-state index contributed by atoms with van der Waals surface area (Å²) in [7, 11) is 0. The Morgan fingerprint density at radius 3 is 2.55 bits per heavy atom. The molecule has 1 atom stereocenters. The van der Waals surface area contributed by atoms with Crippen molar-refractivity contribution in [1.29, 1.82) is 0 Å². The van der Waals surface area contributed by atoms with E-state index in [1.165, 1.54) is 0 Å². The number of alkyl halides is 1. The topological polar surface area (TPSA) is 92.4 Å². The summed E-state index contributed by atoms with van der Waals surface area (Å²) in [6.45, 7) is -0.0963. The zero-order valence-corrected chi connectivity index (χ0v) is 6.47. The third-order valence-corrected chi connectivity index (χ3v) is 1.20. The lowest BCUT2D eigenvalue weighted by Gasteiger charge is -2.05. The van der Waals surface area contributed by atoms with E-state index in [-0.39, 0.29) is 12.4 Å². The largest absolute Gasteiger partial charge is 0.480 e. The van der Waals surface area contributed by atoms with Gasteiger partial charge in [0.05, 0.1) is 0 Å². The molecule has 0 radical (unpaired) electrons. The Morgan fingerprint density at radius 1 is 1.64 bits per heavy atom. The molecule has 6 heteroatoms. The fraction of sp³-hybridized carbons (Fsp3) is 0.600. The van der Waals surface area contributed by atoms with Gasteiger partial charge in [0, 0.05) is 6.54 Å². The highest BCUT2D eigenvalue weighted by atomic mass is 35.5. The molecule has 0 saturated heterocycles. The number of rotatable bonds is 4. The van der Waals surface area contributed by atoms with Gasteiger partial charge < -0.3 is 16.2 Å². The van der Waals surface area contributed by atoms with Crippen LogP contribution in [0.3, 0.4) is 0 Å². The first-order valence-electron chi connectivity index (χ1n) is 2.89. The van der Waals surface area contributed by atoms with Crippen molar-refractivity contribution in [3.63, 3.8) is 0 Å². The zero-order chi connectivity index (χ0) is 8.85. The highest BCUT2D eigenvalue weighted by Crippen LogP contribution is 1.77. The minimum atomic E-state index is -1.15. The number of aliphatic carboxylic acids is 1. The summed E-state index contributed by atoms with van der Waals surface area (Å²) in [5.74, 6) is -1.77. The standard InChI is InChI=1S/C5H9ClN2O3/c6-1-4(9)8-2-3(7)5(10)11/h3H,1-2,7H2,(H,8,9)(H,10,11). The van der Waals surface area contributed by atoms with Gasteiger partial charge in [-0.15, -0.1) is 11.6 Å². The molecule has 64 valence electrons. The van der Waals surface area contributed by atoms with Crippen molar-refractivity contribution in [3.8, 4) is 0 Å². The lowest BCUT2D eigenvalue weighted by atomic mass is 10.3. The van der Waals surface area contributed by atoms with Gasteiger partial charge in [-0.25, -0.2) is 0 Å². The molecule has 5 nitrogen and oxygen atoms in total. The molecule has 0 spiro atoms. The second-order valence-corrected chi connectivity index (χ2v) is 2.15. The summed E-state index contributed by atoms with van der Waals surface area (Å²) in [4.78, 5) is 20.5. The van der Waals surface area contributed by atoms with Gasteiger partial charge >= 0.3 is 5.97 Å². The monoisotopic (exact) mass is 180 g/mol. The highest BCUT2D eigenvalue weighted by Gasteiger charge is 2.11. The molecule has 0 rings (SSSR count). The van der Waals surface area contributed by atoms with Crippen LogP contribution in [0.5, 0.6) is 0 Å². The fourth-order valence-electron chi connectivity index (χ4n) is 0.358. The van der Waals surface area contributed by atoms with E-state index in [0.29, 0.717) is 0 Å². The summed E-state index contributed by atoms with van der Waals surface area (Å²) >= 11 is 5.11.